The number of imide groups is 2. The maximum atomic E-state index is 13.1. The van der Waals surface area contributed by atoms with E-state index in [4.69, 9.17) is 4.74 Å². The molecule has 0 atom stereocenters. The first-order valence-electron chi connectivity index (χ1n) is 9.71. The second-order valence-corrected chi connectivity index (χ2v) is 6.84. The van der Waals surface area contributed by atoms with E-state index in [0.717, 1.165) is 22.1 Å². The summed E-state index contributed by atoms with van der Waals surface area (Å²) in [7, 11) is 0. The molecule has 1 saturated heterocycles. The molecule has 6 nitrogen and oxygen atoms in total. The zero-order valence-corrected chi connectivity index (χ0v) is 16.4. The van der Waals surface area contributed by atoms with Gasteiger partial charge in [0.05, 0.1) is 12.3 Å². The lowest BCUT2D eigenvalue weighted by molar-refractivity contribution is -0.122. The molecule has 150 valence electrons. The number of rotatable bonds is 5. The van der Waals surface area contributed by atoms with Crippen molar-refractivity contribution in [3.05, 3.63) is 77.9 Å². The number of ether oxygens (including phenoxy) is 1. The quantitative estimate of drug-likeness (QED) is 0.512. The lowest BCUT2D eigenvalue weighted by atomic mass is 9.99. The van der Waals surface area contributed by atoms with Gasteiger partial charge in [-0.15, -0.1) is 0 Å². The van der Waals surface area contributed by atoms with Gasteiger partial charge < -0.3 is 4.74 Å². The van der Waals surface area contributed by atoms with E-state index in [-0.39, 0.29) is 5.57 Å². The Morgan fingerprint density at radius 2 is 1.67 bits per heavy atom. The number of carbonyl (C=O) groups is 3. The molecule has 6 heteroatoms. The van der Waals surface area contributed by atoms with E-state index in [9.17, 15) is 14.4 Å². The summed E-state index contributed by atoms with van der Waals surface area (Å²) < 4.78 is 5.87. The third-order valence-corrected chi connectivity index (χ3v) is 4.80. The fourth-order valence-electron chi connectivity index (χ4n) is 3.38. The van der Waals surface area contributed by atoms with Crippen LogP contribution in [0.4, 0.5) is 10.5 Å². The number of urea groups is 1. The third kappa shape index (κ3) is 3.55. The summed E-state index contributed by atoms with van der Waals surface area (Å²) in [6, 6.07) is 19.2. The monoisotopic (exact) mass is 400 g/mol. The van der Waals surface area contributed by atoms with Crippen molar-refractivity contribution in [3.8, 4) is 5.75 Å². The molecule has 3 aromatic rings. The molecule has 1 aliphatic rings. The molecule has 0 spiro atoms. The molecule has 4 rings (SSSR count). The molecule has 1 aliphatic heterocycles. The molecule has 30 heavy (non-hydrogen) atoms. The van der Waals surface area contributed by atoms with Crippen LogP contribution in [0.1, 0.15) is 18.9 Å². The van der Waals surface area contributed by atoms with Crippen LogP contribution in [0.15, 0.2) is 72.3 Å². The van der Waals surface area contributed by atoms with Crippen molar-refractivity contribution < 1.29 is 19.1 Å². The van der Waals surface area contributed by atoms with Gasteiger partial charge in [0.2, 0.25) is 0 Å². The first kappa shape index (κ1) is 19.4. The van der Waals surface area contributed by atoms with Crippen LogP contribution < -0.4 is 15.0 Å². The number of amides is 4. The smallest absolute Gasteiger partial charge is 0.335 e. The standard InChI is InChI=1S/C24H20N2O4/c1-2-14-30-21-13-12-16-8-6-7-11-18(16)19(21)15-20-22(27)25-24(29)26(23(20)28)17-9-4-3-5-10-17/h3-13,15H,2,14H2,1H3,(H,25,27,29)/b20-15+. The van der Waals surface area contributed by atoms with E-state index in [1.54, 1.807) is 30.3 Å². The number of fused-ring (bicyclic) bond motifs is 1. The Morgan fingerprint density at radius 3 is 2.43 bits per heavy atom. The zero-order chi connectivity index (χ0) is 21.1. The van der Waals surface area contributed by atoms with E-state index >= 15 is 0 Å². The van der Waals surface area contributed by atoms with Crippen LogP contribution in [0.5, 0.6) is 5.75 Å². The van der Waals surface area contributed by atoms with E-state index in [1.165, 1.54) is 6.08 Å². The van der Waals surface area contributed by atoms with Gasteiger partial charge in [0.25, 0.3) is 11.8 Å². The summed E-state index contributed by atoms with van der Waals surface area (Å²) in [6.07, 6.45) is 2.33. The Labute approximate surface area is 173 Å². The molecule has 0 radical (unpaired) electrons. The van der Waals surface area contributed by atoms with Crippen molar-refractivity contribution in [2.24, 2.45) is 0 Å². The molecule has 3 aromatic carbocycles. The fourth-order valence-corrected chi connectivity index (χ4v) is 3.38. The van der Waals surface area contributed by atoms with Gasteiger partial charge in [0.1, 0.15) is 11.3 Å². The normalized spacial score (nSPS) is 15.6. The van der Waals surface area contributed by atoms with Crippen molar-refractivity contribution in [3.63, 3.8) is 0 Å². The topological polar surface area (TPSA) is 75.7 Å². The van der Waals surface area contributed by atoms with Gasteiger partial charge in [0, 0.05) is 5.56 Å². The minimum atomic E-state index is -0.770. The van der Waals surface area contributed by atoms with Crippen LogP contribution in [-0.2, 0) is 9.59 Å². The highest BCUT2D eigenvalue weighted by molar-refractivity contribution is 6.39. The average Bonchev–Trinajstić information content (AvgIpc) is 2.76. The second kappa shape index (κ2) is 8.21. The largest absolute Gasteiger partial charge is 0.493 e. The van der Waals surface area contributed by atoms with Crippen molar-refractivity contribution >= 4 is 40.4 Å². The van der Waals surface area contributed by atoms with E-state index in [1.807, 2.05) is 43.3 Å². The Bertz CT molecular complexity index is 1170. The number of hydrogen-bond acceptors (Lipinski definition) is 4. The van der Waals surface area contributed by atoms with Gasteiger partial charge in [-0.1, -0.05) is 55.5 Å². The van der Waals surface area contributed by atoms with Crippen LogP contribution in [0.3, 0.4) is 0 Å². The van der Waals surface area contributed by atoms with Gasteiger partial charge in [-0.3, -0.25) is 14.9 Å². The summed E-state index contributed by atoms with van der Waals surface area (Å²) in [6.45, 7) is 2.50. The Balaban J connectivity index is 1.85. The number of carbonyl (C=O) groups excluding carboxylic acids is 3. The lowest BCUT2D eigenvalue weighted by Gasteiger charge is -2.26. The van der Waals surface area contributed by atoms with E-state index < -0.39 is 17.8 Å². The molecular weight excluding hydrogens is 380 g/mol. The summed E-state index contributed by atoms with van der Waals surface area (Å²) >= 11 is 0. The zero-order valence-electron chi connectivity index (χ0n) is 16.4. The van der Waals surface area contributed by atoms with Crippen molar-refractivity contribution in [2.75, 3.05) is 11.5 Å². The number of hydrogen-bond donors (Lipinski definition) is 1. The van der Waals surface area contributed by atoms with Gasteiger partial charge >= 0.3 is 6.03 Å². The van der Waals surface area contributed by atoms with Crippen LogP contribution in [0.2, 0.25) is 0 Å². The molecule has 0 unspecified atom stereocenters. The second-order valence-electron chi connectivity index (χ2n) is 6.84. The SMILES string of the molecule is CCCOc1ccc2ccccc2c1/C=C1\C(=O)NC(=O)N(c2ccccc2)C1=O. The lowest BCUT2D eigenvalue weighted by Crippen LogP contribution is -2.54. The van der Waals surface area contributed by atoms with Crippen molar-refractivity contribution in [1.29, 1.82) is 0 Å². The molecule has 1 heterocycles. The maximum Gasteiger partial charge on any atom is 0.335 e. The molecule has 4 amide bonds. The van der Waals surface area contributed by atoms with Gasteiger partial charge in [-0.25, -0.2) is 9.69 Å². The minimum Gasteiger partial charge on any atom is -0.493 e. The molecule has 0 saturated carbocycles. The average molecular weight is 400 g/mol. The summed E-state index contributed by atoms with van der Waals surface area (Å²) in [4.78, 5) is 39.0. The Morgan fingerprint density at radius 1 is 0.933 bits per heavy atom. The predicted octanol–water partition coefficient (Wildman–Crippen LogP) is 4.30. The molecule has 0 bridgehead atoms. The third-order valence-electron chi connectivity index (χ3n) is 4.80. The molecule has 0 aliphatic carbocycles. The van der Waals surface area contributed by atoms with E-state index in [2.05, 4.69) is 5.32 Å². The van der Waals surface area contributed by atoms with Crippen LogP contribution in [-0.4, -0.2) is 24.5 Å². The van der Waals surface area contributed by atoms with Crippen molar-refractivity contribution in [1.82, 2.24) is 5.32 Å². The maximum absolute atomic E-state index is 13.1. The number of barbiturate groups is 1. The molecular formula is C24H20N2O4. The predicted molar refractivity (Wildman–Crippen MR) is 115 cm³/mol. The van der Waals surface area contributed by atoms with Gasteiger partial charge in [0.15, 0.2) is 0 Å². The summed E-state index contributed by atoms with van der Waals surface area (Å²) in [5, 5.41) is 4.06. The minimum absolute atomic E-state index is 0.129. The van der Waals surface area contributed by atoms with Gasteiger partial charge in [-0.05, 0) is 41.5 Å². The molecule has 1 fully saturated rings. The van der Waals surface area contributed by atoms with Crippen LogP contribution in [0.25, 0.3) is 16.8 Å². The highest BCUT2D eigenvalue weighted by Crippen LogP contribution is 2.32. The summed E-state index contributed by atoms with van der Waals surface area (Å²) in [5.74, 6) is -0.831. The number of anilines is 1. The first-order chi connectivity index (χ1) is 14.6. The van der Waals surface area contributed by atoms with Crippen LogP contribution in [0, 0.1) is 0 Å². The molecule has 0 aromatic heterocycles. The number of nitrogens with one attached hydrogen (secondary N) is 1. The fraction of sp³-hybridized carbons (Fsp3) is 0.125. The van der Waals surface area contributed by atoms with Gasteiger partial charge in [-0.2, -0.15) is 0 Å². The number of nitrogens with zero attached hydrogens (tertiary/aromatic N) is 1. The molecule has 1 N–H and O–H groups in total. The number of benzene rings is 3. The highest BCUT2D eigenvalue weighted by Gasteiger charge is 2.37. The van der Waals surface area contributed by atoms with E-state index in [0.29, 0.717) is 23.6 Å². The van der Waals surface area contributed by atoms with Crippen LogP contribution >= 0.6 is 0 Å². The summed E-state index contributed by atoms with van der Waals surface area (Å²) in [5.41, 5.74) is 0.886. The Kier molecular flexibility index (Phi) is 5.30. The Hall–Kier alpha value is -3.93. The van der Waals surface area contributed by atoms with Crippen molar-refractivity contribution in [2.45, 2.75) is 13.3 Å². The number of para-hydroxylation sites is 1. The first-order valence-corrected chi connectivity index (χ1v) is 9.71. The highest BCUT2D eigenvalue weighted by atomic mass is 16.5.